The number of sulfone groups is 1. The van der Waals surface area contributed by atoms with Crippen molar-refractivity contribution < 1.29 is 26.0 Å². The van der Waals surface area contributed by atoms with Gasteiger partial charge in [-0.2, -0.15) is 13.2 Å². The van der Waals surface area contributed by atoms with Crippen LogP contribution in [0.4, 0.5) is 17.6 Å². The summed E-state index contributed by atoms with van der Waals surface area (Å²) < 4.78 is 78.7. The van der Waals surface area contributed by atoms with Crippen LogP contribution in [-0.2, 0) is 16.0 Å². The van der Waals surface area contributed by atoms with E-state index in [9.17, 15) is 26.0 Å². The van der Waals surface area contributed by atoms with E-state index >= 15 is 0 Å². The highest BCUT2D eigenvalue weighted by atomic mass is 32.2. The Balaban J connectivity index is 2.03. The molecule has 0 aliphatic heterocycles. The lowest BCUT2D eigenvalue weighted by molar-refractivity contribution is -0.136. The lowest BCUT2D eigenvalue weighted by Crippen LogP contribution is -2.07. The van der Waals surface area contributed by atoms with Crippen LogP contribution in [0.5, 0.6) is 0 Å². The Hall–Kier alpha value is -3.20. The summed E-state index contributed by atoms with van der Waals surface area (Å²) in [4.78, 5) is 4.32. The molecule has 2 aromatic carbocycles. The van der Waals surface area contributed by atoms with Gasteiger partial charge >= 0.3 is 6.18 Å². The molecule has 154 valence electrons. The zero-order chi connectivity index (χ0) is 21.7. The fourth-order valence-corrected chi connectivity index (χ4v) is 3.86. The molecule has 0 saturated carbocycles. The zero-order valence-electron chi connectivity index (χ0n) is 15.5. The highest BCUT2D eigenvalue weighted by Gasteiger charge is 2.35. The highest BCUT2D eigenvalue weighted by molar-refractivity contribution is 7.90. The van der Waals surface area contributed by atoms with E-state index in [4.69, 9.17) is 0 Å². The van der Waals surface area contributed by atoms with E-state index in [1.165, 1.54) is 65.2 Å². The maximum Gasteiger partial charge on any atom is 0.419 e. The first kappa shape index (κ1) is 20.1. The molecule has 4 nitrogen and oxygen atoms in total. The van der Waals surface area contributed by atoms with Crippen molar-refractivity contribution in [2.45, 2.75) is 11.1 Å². The third-order valence-corrected chi connectivity index (χ3v) is 5.76. The Bertz CT molecular complexity index is 1340. The number of alkyl halides is 3. The number of fused-ring (bicyclic) bond motifs is 1. The summed E-state index contributed by atoms with van der Waals surface area (Å²) in [6, 6.07) is 13.2. The Morgan fingerprint density at radius 3 is 2.07 bits per heavy atom. The van der Waals surface area contributed by atoms with E-state index in [2.05, 4.69) is 4.98 Å². The molecule has 0 N–H and O–H groups in total. The fraction of sp³-hybridized carbons (Fsp3) is 0.0952. The van der Waals surface area contributed by atoms with E-state index in [0.717, 1.165) is 12.3 Å². The van der Waals surface area contributed by atoms with E-state index in [0.29, 0.717) is 16.8 Å². The van der Waals surface area contributed by atoms with Crippen molar-refractivity contribution in [3.63, 3.8) is 0 Å². The number of benzene rings is 2. The molecule has 0 saturated heterocycles. The third kappa shape index (κ3) is 3.56. The van der Waals surface area contributed by atoms with E-state index < -0.39 is 27.4 Å². The summed E-state index contributed by atoms with van der Waals surface area (Å²) in [6.45, 7) is 0. The van der Waals surface area contributed by atoms with Gasteiger partial charge < -0.3 is 0 Å². The minimum Gasteiger partial charge on any atom is -0.298 e. The maximum absolute atomic E-state index is 13.5. The van der Waals surface area contributed by atoms with Crippen LogP contribution < -0.4 is 0 Å². The van der Waals surface area contributed by atoms with Crippen molar-refractivity contribution in [1.82, 2.24) is 9.38 Å². The molecule has 4 aromatic rings. The molecule has 2 heterocycles. The maximum atomic E-state index is 13.5. The average molecular weight is 434 g/mol. The van der Waals surface area contributed by atoms with Crippen molar-refractivity contribution in [1.29, 1.82) is 0 Å². The quantitative estimate of drug-likeness (QED) is 0.415. The van der Waals surface area contributed by atoms with E-state index in [1.807, 2.05) is 0 Å². The first-order valence-corrected chi connectivity index (χ1v) is 10.6. The van der Waals surface area contributed by atoms with Crippen LogP contribution in [0.25, 0.3) is 28.2 Å². The molecule has 0 atom stereocenters. The second kappa shape index (κ2) is 6.94. The minimum atomic E-state index is -4.62. The summed E-state index contributed by atoms with van der Waals surface area (Å²) in [6.07, 6.45) is -2.11. The number of rotatable bonds is 3. The summed E-state index contributed by atoms with van der Waals surface area (Å²) in [5.74, 6) is -0.484. The minimum absolute atomic E-state index is 0.0781. The van der Waals surface area contributed by atoms with Crippen LogP contribution in [0.15, 0.2) is 71.8 Å². The molecular weight excluding hydrogens is 420 g/mol. The molecule has 0 spiro atoms. The summed E-state index contributed by atoms with van der Waals surface area (Å²) in [7, 11) is -3.44. The molecular formula is C21H14F4N2O2S. The molecule has 2 aromatic heterocycles. The van der Waals surface area contributed by atoms with Crippen molar-refractivity contribution in [2.75, 3.05) is 6.26 Å². The predicted octanol–water partition coefficient (Wildman–Crippen LogP) is 5.23. The number of pyridine rings is 1. The highest BCUT2D eigenvalue weighted by Crippen LogP contribution is 2.38. The van der Waals surface area contributed by atoms with Crippen LogP contribution in [0.1, 0.15) is 5.56 Å². The molecule has 0 radical (unpaired) electrons. The Labute approximate surface area is 169 Å². The number of imidazole rings is 1. The van der Waals surface area contributed by atoms with Gasteiger partial charge in [0.15, 0.2) is 9.84 Å². The fourth-order valence-electron chi connectivity index (χ4n) is 3.23. The van der Waals surface area contributed by atoms with Gasteiger partial charge in [0.1, 0.15) is 11.5 Å². The van der Waals surface area contributed by atoms with Gasteiger partial charge in [0, 0.05) is 23.6 Å². The first-order valence-electron chi connectivity index (χ1n) is 8.70. The normalized spacial score (nSPS) is 12.4. The third-order valence-electron chi connectivity index (χ3n) is 4.63. The number of aromatic nitrogens is 2. The lowest BCUT2D eigenvalue weighted by atomic mass is 10.0. The van der Waals surface area contributed by atoms with Gasteiger partial charge in [0.2, 0.25) is 0 Å². The topological polar surface area (TPSA) is 51.4 Å². The second-order valence-corrected chi connectivity index (χ2v) is 8.74. The van der Waals surface area contributed by atoms with E-state index in [-0.39, 0.29) is 16.2 Å². The van der Waals surface area contributed by atoms with Crippen molar-refractivity contribution in [2.24, 2.45) is 0 Å². The van der Waals surface area contributed by atoms with Gasteiger partial charge in [-0.3, -0.25) is 4.40 Å². The van der Waals surface area contributed by atoms with Crippen molar-refractivity contribution in [3.8, 4) is 22.5 Å². The van der Waals surface area contributed by atoms with Crippen LogP contribution in [0, 0.1) is 5.82 Å². The molecule has 0 unspecified atom stereocenters. The van der Waals surface area contributed by atoms with Crippen LogP contribution in [0.3, 0.4) is 0 Å². The average Bonchev–Trinajstić information content (AvgIpc) is 3.07. The predicted molar refractivity (Wildman–Crippen MR) is 104 cm³/mol. The zero-order valence-corrected chi connectivity index (χ0v) is 16.3. The smallest absolute Gasteiger partial charge is 0.298 e. The van der Waals surface area contributed by atoms with Crippen LogP contribution in [0.2, 0.25) is 0 Å². The van der Waals surface area contributed by atoms with E-state index in [1.54, 1.807) is 0 Å². The summed E-state index contributed by atoms with van der Waals surface area (Å²) >= 11 is 0. The second-order valence-electron chi connectivity index (χ2n) is 6.73. The SMILES string of the molecule is CS(=O)(=O)c1ccc(-c2nc3c(C(F)(F)F)cccn3c2-c2ccc(F)cc2)cc1. The van der Waals surface area contributed by atoms with Gasteiger partial charge in [-0.25, -0.2) is 17.8 Å². The van der Waals surface area contributed by atoms with Crippen molar-refractivity contribution in [3.05, 3.63) is 78.2 Å². The van der Waals surface area contributed by atoms with Gasteiger partial charge in [-0.15, -0.1) is 0 Å². The Morgan fingerprint density at radius 1 is 0.900 bits per heavy atom. The first-order chi connectivity index (χ1) is 14.1. The molecule has 0 bridgehead atoms. The number of hydrogen-bond donors (Lipinski definition) is 0. The molecule has 0 aliphatic carbocycles. The standard InChI is InChI=1S/C21H14F4N2O2S/c1-30(28,29)16-10-6-13(7-11-16)18-19(14-4-8-15(22)9-5-14)27-12-2-3-17(20(27)26-18)21(23,24)25/h2-12H,1H3. The van der Waals surface area contributed by atoms with Gasteiger partial charge in [-0.05, 0) is 48.5 Å². The molecule has 4 rings (SSSR count). The molecule has 9 heteroatoms. The lowest BCUT2D eigenvalue weighted by Gasteiger charge is -2.09. The van der Waals surface area contributed by atoms with Gasteiger partial charge in [-0.1, -0.05) is 12.1 Å². The van der Waals surface area contributed by atoms with Gasteiger partial charge in [0.05, 0.1) is 21.8 Å². The van der Waals surface area contributed by atoms with Crippen LogP contribution >= 0.6 is 0 Å². The summed E-state index contributed by atoms with van der Waals surface area (Å²) in [5.41, 5.74) is 0.240. The molecule has 0 amide bonds. The monoisotopic (exact) mass is 434 g/mol. The molecule has 0 fully saturated rings. The number of nitrogens with zero attached hydrogens (tertiary/aromatic N) is 2. The van der Waals surface area contributed by atoms with Gasteiger partial charge in [0.25, 0.3) is 0 Å². The molecule has 30 heavy (non-hydrogen) atoms. The largest absolute Gasteiger partial charge is 0.419 e. The number of hydrogen-bond acceptors (Lipinski definition) is 3. The Kier molecular flexibility index (Phi) is 4.65. The summed E-state index contributed by atoms with van der Waals surface area (Å²) in [5, 5.41) is 0. The van der Waals surface area contributed by atoms with Crippen LogP contribution in [-0.4, -0.2) is 24.1 Å². The Morgan fingerprint density at radius 2 is 1.50 bits per heavy atom. The number of halogens is 4. The van der Waals surface area contributed by atoms with Crippen molar-refractivity contribution >= 4 is 15.5 Å². The molecule has 0 aliphatic rings.